The molecule has 0 spiro atoms. The highest BCUT2D eigenvalue weighted by Gasteiger charge is 2.18. The van der Waals surface area contributed by atoms with E-state index in [1.165, 1.54) is 11.8 Å². The Morgan fingerprint density at radius 3 is 2.53 bits per heavy atom. The van der Waals surface area contributed by atoms with Crippen LogP contribution in [0.25, 0.3) is 0 Å². The molecule has 7 heteroatoms. The molecule has 6 nitrogen and oxygen atoms in total. The van der Waals surface area contributed by atoms with Crippen molar-refractivity contribution in [1.82, 2.24) is 14.8 Å². The predicted octanol–water partition coefficient (Wildman–Crippen LogP) is 3.44. The Kier molecular flexibility index (Phi) is 7.86. The lowest BCUT2D eigenvalue weighted by Crippen LogP contribution is -2.36. The van der Waals surface area contributed by atoms with Crippen molar-refractivity contribution in [3.8, 4) is 6.07 Å². The van der Waals surface area contributed by atoms with Crippen LogP contribution in [-0.2, 0) is 11.3 Å². The van der Waals surface area contributed by atoms with E-state index < -0.39 is 0 Å². The Morgan fingerprint density at radius 1 is 1.13 bits per heavy atom. The Balaban J connectivity index is 1.54. The average molecular weight is 424 g/mol. The summed E-state index contributed by atoms with van der Waals surface area (Å²) in [4.78, 5) is 21.8. The molecule has 2 heterocycles. The summed E-state index contributed by atoms with van der Waals surface area (Å²) in [5, 5.41) is 13.0. The first-order chi connectivity index (χ1) is 14.5. The summed E-state index contributed by atoms with van der Waals surface area (Å²) in [6.07, 6.45) is 2.96. The largest absolute Gasteiger partial charge is 0.324 e. The Morgan fingerprint density at radius 2 is 1.83 bits per heavy atom. The van der Waals surface area contributed by atoms with E-state index in [1.807, 2.05) is 50.4 Å². The second-order valence-electron chi connectivity index (χ2n) is 7.69. The van der Waals surface area contributed by atoms with Crippen LogP contribution in [0, 0.1) is 25.2 Å². The number of hydrogen-bond acceptors (Lipinski definition) is 6. The van der Waals surface area contributed by atoms with Gasteiger partial charge in [-0.3, -0.25) is 14.6 Å². The van der Waals surface area contributed by atoms with Crippen molar-refractivity contribution >= 4 is 23.4 Å². The van der Waals surface area contributed by atoms with Gasteiger partial charge < -0.3 is 5.32 Å². The highest BCUT2D eigenvalue weighted by Crippen LogP contribution is 2.20. The normalized spacial score (nSPS) is 15.4. The number of aryl methyl sites for hydroxylation is 2. The molecule has 158 valence electrons. The summed E-state index contributed by atoms with van der Waals surface area (Å²) in [6.45, 7) is 8.85. The van der Waals surface area contributed by atoms with Gasteiger partial charge >= 0.3 is 0 Å². The first kappa shape index (κ1) is 22.3. The van der Waals surface area contributed by atoms with E-state index in [-0.39, 0.29) is 5.91 Å². The van der Waals surface area contributed by atoms with Gasteiger partial charge in [-0.2, -0.15) is 5.26 Å². The zero-order valence-electron chi connectivity index (χ0n) is 17.9. The van der Waals surface area contributed by atoms with Crippen LogP contribution in [0.1, 0.15) is 28.8 Å². The summed E-state index contributed by atoms with van der Waals surface area (Å²) in [6, 6.07) is 12.0. The number of para-hydroxylation sites is 1. The number of nitriles is 1. The molecule has 0 radical (unpaired) electrons. The number of carbonyl (C=O) groups is 1. The fourth-order valence-electron chi connectivity index (χ4n) is 3.77. The van der Waals surface area contributed by atoms with Crippen LogP contribution in [0.4, 0.5) is 5.69 Å². The minimum Gasteiger partial charge on any atom is -0.324 e. The van der Waals surface area contributed by atoms with Crippen LogP contribution in [0.3, 0.4) is 0 Å². The van der Waals surface area contributed by atoms with Gasteiger partial charge in [0.25, 0.3) is 0 Å². The molecule has 2 aromatic rings. The highest BCUT2D eigenvalue weighted by molar-refractivity contribution is 7.98. The topological polar surface area (TPSA) is 72.3 Å². The molecule has 1 aromatic carbocycles. The number of nitrogens with zero attached hydrogens (tertiary/aromatic N) is 4. The van der Waals surface area contributed by atoms with Crippen molar-refractivity contribution in [1.29, 1.82) is 5.26 Å². The van der Waals surface area contributed by atoms with Gasteiger partial charge in [0, 0.05) is 25.3 Å². The van der Waals surface area contributed by atoms with Gasteiger partial charge in [0.1, 0.15) is 11.1 Å². The lowest BCUT2D eigenvalue weighted by atomic mass is 10.1. The minimum absolute atomic E-state index is 0.0409. The molecule has 1 N–H and O–H groups in total. The highest BCUT2D eigenvalue weighted by atomic mass is 32.2. The molecule has 0 bridgehead atoms. The molecular weight excluding hydrogens is 394 g/mol. The second-order valence-corrected chi connectivity index (χ2v) is 8.49. The maximum Gasteiger partial charge on any atom is 0.238 e. The van der Waals surface area contributed by atoms with Crippen molar-refractivity contribution in [2.45, 2.75) is 31.8 Å². The summed E-state index contributed by atoms with van der Waals surface area (Å²) >= 11 is 1.51. The molecule has 1 aliphatic rings. The number of carbonyl (C=O) groups excluding carboxylic acids is 1. The molecule has 1 aliphatic heterocycles. The lowest BCUT2D eigenvalue weighted by Gasteiger charge is -2.22. The van der Waals surface area contributed by atoms with E-state index >= 15 is 0 Å². The van der Waals surface area contributed by atoms with E-state index in [1.54, 1.807) is 0 Å². The second kappa shape index (κ2) is 10.6. The lowest BCUT2D eigenvalue weighted by molar-refractivity contribution is -0.117. The van der Waals surface area contributed by atoms with Crippen LogP contribution >= 0.6 is 11.8 Å². The third-order valence-electron chi connectivity index (χ3n) is 5.41. The van der Waals surface area contributed by atoms with Crippen molar-refractivity contribution in [3.05, 3.63) is 52.7 Å². The molecule has 0 saturated carbocycles. The van der Waals surface area contributed by atoms with Gasteiger partial charge in [-0.15, -0.1) is 11.8 Å². The summed E-state index contributed by atoms with van der Waals surface area (Å²) in [7, 11) is 0. The SMILES string of the molecule is CSc1nc(CN2CCCN(CC(=O)Nc3c(C)cccc3C)CC2)ccc1C#N. The first-order valence-electron chi connectivity index (χ1n) is 10.2. The zero-order chi connectivity index (χ0) is 21.5. The molecule has 1 saturated heterocycles. The molecular formula is C23H29N5OS. The van der Waals surface area contributed by atoms with Crippen molar-refractivity contribution in [3.63, 3.8) is 0 Å². The van der Waals surface area contributed by atoms with Gasteiger partial charge in [-0.1, -0.05) is 18.2 Å². The fourth-order valence-corrected chi connectivity index (χ4v) is 4.31. The van der Waals surface area contributed by atoms with E-state index in [4.69, 9.17) is 0 Å². The number of hydrogen-bond donors (Lipinski definition) is 1. The third kappa shape index (κ3) is 5.82. The molecule has 1 amide bonds. The number of thioether (sulfide) groups is 1. The molecule has 0 unspecified atom stereocenters. The zero-order valence-corrected chi connectivity index (χ0v) is 18.8. The first-order valence-corrected chi connectivity index (χ1v) is 11.5. The predicted molar refractivity (Wildman–Crippen MR) is 122 cm³/mol. The molecule has 0 aliphatic carbocycles. The molecule has 1 aromatic heterocycles. The molecule has 3 rings (SSSR count). The Labute approximate surface area is 183 Å². The van der Waals surface area contributed by atoms with Crippen LogP contribution in [-0.4, -0.2) is 59.7 Å². The number of anilines is 1. The summed E-state index contributed by atoms with van der Waals surface area (Å²) in [5.41, 5.74) is 4.72. The van der Waals surface area contributed by atoms with Crippen molar-refractivity contribution < 1.29 is 4.79 Å². The monoisotopic (exact) mass is 423 g/mol. The van der Waals surface area contributed by atoms with E-state index in [0.29, 0.717) is 12.1 Å². The van der Waals surface area contributed by atoms with E-state index in [0.717, 1.165) is 66.7 Å². The average Bonchev–Trinajstić information content (AvgIpc) is 2.95. The van der Waals surface area contributed by atoms with Gasteiger partial charge in [0.05, 0.1) is 17.8 Å². The molecule has 30 heavy (non-hydrogen) atoms. The molecule has 1 fully saturated rings. The summed E-state index contributed by atoms with van der Waals surface area (Å²) in [5.74, 6) is 0.0409. The maximum absolute atomic E-state index is 12.6. The smallest absolute Gasteiger partial charge is 0.238 e. The van der Waals surface area contributed by atoms with Gasteiger partial charge in [0.15, 0.2) is 0 Å². The van der Waals surface area contributed by atoms with Gasteiger partial charge in [0.2, 0.25) is 5.91 Å². The van der Waals surface area contributed by atoms with E-state index in [9.17, 15) is 10.1 Å². The third-order valence-corrected chi connectivity index (χ3v) is 6.11. The fraction of sp³-hybridized carbons (Fsp3) is 0.435. The van der Waals surface area contributed by atoms with Gasteiger partial charge in [-0.25, -0.2) is 4.98 Å². The van der Waals surface area contributed by atoms with Crippen LogP contribution in [0.5, 0.6) is 0 Å². The maximum atomic E-state index is 12.6. The standard InChI is InChI=1S/C23H29N5OS/c1-17-6-4-7-18(2)22(17)26-21(29)16-28-11-5-10-27(12-13-28)15-20-9-8-19(14-24)23(25-20)30-3/h4,6-9H,5,10-13,15-16H2,1-3H3,(H,26,29). The minimum atomic E-state index is 0.0409. The number of nitrogens with one attached hydrogen (secondary N) is 1. The Hall–Kier alpha value is -2.40. The quantitative estimate of drug-likeness (QED) is 0.718. The van der Waals surface area contributed by atoms with Crippen LogP contribution < -0.4 is 5.32 Å². The van der Waals surface area contributed by atoms with Crippen LogP contribution in [0.15, 0.2) is 35.4 Å². The number of amides is 1. The van der Waals surface area contributed by atoms with Crippen molar-refractivity contribution in [2.75, 3.05) is 44.3 Å². The number of aromatic nitrogens is 1. The number of pyridine rings is 1. The van der Waals surface area contributed by atoms with E-state index in [2.05, 4.69) is 26.2 Å². The van der Waals surface area contributed by atoms with Crippen LogP contribution in [0.2, 0.25) is 0 Å². The summed E-state index contributed by atoms with van der Waals surface area (Å²) < 4.78 is 0. The number of benzene rings is 1. The Bertz CT molecular complexity index is 919. The number of rotatable bonds is 6. The molecule has 0 atom stereocenters. The van der Waals surface area contributed by atoms with Crippen molar-refractivity contribution in [2.24, 2.45) is 0 Å². The van der Waals surface area contributed by atoms with Gasteiger partial charge in [-0.05, 0) is 62.9 Å².